The third-order valence-electron chi connectivity index (χ3n) is 0.814. The van der Waals surface area contributed by atoms with Crippen LogP contribution in [0.1, 0.15) is 6.92 Å². The summed E-state index contributed by atoms with van der Waals surface area (Å²) in [6, 6.07) is 1.69. The van der Waals surface area contributed by atoms with Gasteiger partial charge in [-0.3, -0.25) is 0 Å². The third kappa shape index (κ3) is 1.96. The number of rotatable bonds is 1. The fourth-order valence-corrected chi connectivity index (χ4v) is 0.338. The topological polar surface area (TPSA) is 50.1 Å². The van der Waals surface area contributed by atoms with Gasteiger partial charge in [-0.05, 0) is 6.92 Å². The first-order chi connectivity index (χ1) is 4.26. The lowest BCUT2D eigenvalue weighted by Crippen LogP contribution is -2.01. The highest BCUT2D eigenvalue weighted by atomic mass is 16.5. The van der Waals surface area contributed by atoms with Gasteiger partial charge in [0.2, 0.25) is 0 Å². The van der Waals surface area contributed by atoms with Gasteiger partial charge in [-0.2, -0.15) is 5.26 Å². The molecule has 0 heterocycles. The predicted molar refractivity (Wildman–Crippen MR) is 31.4 cm³/mol. The molecule has 0 N–H and O–H groups in total. The number of hydrogen-bond donors (Lipinski definition) is 0. The van der Waals surface area contributed by atoms with Crippen molar-refractivity contribution in [1.82, 2.24) is 0 Å². The highest BCUT2D eigenvalue weighted by molar-refractivity contribution is 5.92. The normalized spacial score (nSPS) is 10.1. The van der Waals surface area contributed by atoms with Crippen LogP contribution in [0.15, 0.2) is 11.6 Å². The molecule has 0 unspecified atom stereocenters. The quantitative estimate of drug-likeness (QED) is 0.293. The zero-order valence-corrected chi connectivity index (χ0v) is 5.34. The van der Waals surface area contributed by atoms with Gasteiger partial charge >= 0.3 is 5.97 Å². The number of hydrogen-bond acceptors (Lipinski definition) is 3. The second-order valence-electron chi connectivity index (χ2n) is 1.31. The second-order valence-corrected chi connectivity index (χ2v) is 1.31. The van der Waals surface area contributed by atoms with Crippen LogP contribution in [0.4, 0.5) is 0 Å². The molecule has 9 heavy (non-hydrogen) atoms. The summed E-state index contributed by atoms with van der Waals surface area (Å²) in [6.45, 7) is 1.61. The third-order valence-corrected chi connectivity index (χ3v) is 0.814. The van der Waals surface area contributed by atoms with E-state index in [4.69, 9.17) is 5.26 Å². The van der Waals surface area contributed by atoms with Gasteiger partial charge < -0.3 is 4.74 Å². The Bertz CT molecular complexity index is 176. The average molecular weight is 125 g/mol. The Kier molecular flexibility index (Phi) is 3.14. The molecule has 0 amide bonds. The molecule has 0 aromatic rings. The molecule has 0 aromatic carbocycles. The maximum absolute atomic E-state index is 10.5. The van der Waals surface area contributed by atoms with Crippen LogP contribution < -0.4 is 0 Å². The molecule has 0 spiro atoms. The van der Waals surface area contributed by atoms with Crippen molar-refractivity contribution >= 4 is 5.97 Å². The molecule has 0 atom stereocenters. The minimum Gasteiger partial charge on any atom is -0.465 e. The molecule has 0 aliphatic heterocycles. The Morgan fingerprint density at radius 1 is 1.78 bits per heavy atom. The zero-order chi connectivity index (χ0) is 7.28. The Labute approximate surface area is 53.5 Å². The van der Waals surface area contributed by atoms with E-state index in [9.17, 15) is 4.79 Å². The lowest BCUT2D eigenvalue weighted by Gasteiger charge is -1.91. The van der Waals surface area contributed by atoms with Crippen molar-refractivity contribution in [2.75, 3.05) is 7.11 Å². The number of carbonyl (C=O) groups is 1. The number of nitriles is 1. The summed E-state index contributed by atoms with van der Waals surface area (Å²) < 4.78 is 4.26. The lowest BCUT2D eigenvalue weighted by molar-refractivity contribution is -0.135. The molecule has 0 aromatic heterocycles. The second kappa shape index (κ2) is 3.67. The van der Waals surface area contributed by atoms with E-state index in [0.29, 0.717) is 0 Å². The fourth-order valence-electron chi connectivity index (χ4n) is 0.338. The van der Waals surface area contributed by atoms with Crippen molar-refractivity contribution in [1.29, 1.82) is 5.26 Å². The van der Waals surface area contributed by atoms with E-state index in [1.165, 1.54) is 13.2 Å². The molecule has 0 bridgehead atoms. The van der Waals surface area contributed by atoms with E-state index in [-0.39, 0.29) is 5.57 Å². The van der Waals surface area contributed by atoms with E-state index in [1.54, 1.807) is 13.0 Å². The first-order valence-corrected chi connectivity index (χ1v) is 2.41. The van der Waals surface area contributed by atoms with Gasteiger partial charge in [0.05, 0.1) is 7.11 Å². The average Bonchev–Trinajstić information content (AvgIpc) is 1.90. The van der Waals surface area contributed by atoms with Crippen molar-refractivity contribution in [3.8, 4) is 6.07 Å². The maximum atomic E-state index is 10.5. The van der Waals surface area contributed by atoms with Crippen LogP contribution in [-0.2, 0) is 9.53 Å². The molecule has 0 aliphatic carbocycles. The first kappa shape index (κ1) is 7.70. The Morgan fingerprint density at radius 2 is 2.33 bits per heavy atom. The molecule has 0 saturated heterocycles. The lowest BCUT2D eigenvalue weighted by atomic mass is 10.3. The van der Waals surface area contributed by atoms with Crippen molar-refractivity contribution in [2.24, 2.45) is 0 Å². The van der Waals surface area contributed by atoms with Gasteiger partial charge in [-0.25, -0.2) is 4.79 Å². The van der Waals surface area contributed by atoms with E-state index >= 15 is 0 Å². The van der Waals surface area contributed by atoms with Crippen molar-refractivity contribution < 1.29 is 9.53 Å². The molecule has 3 nitrogen and oxygen atoms in total. The number of ether oxygens (including phenoxy) is 1. The summed E-state index contributed by atoms with van der Waals surface area (Å²) in [7, 11) is 1.24. The summed E-state index contributed by atoms with van der Waals surface area (Å²) >= 11 is 0. The zero-order valence-electron chi connectivity index (χ0n) is 5.34. The van der Waals surface area contributed by atoms with Crippen molar-refractivity contribution in [2.45, 2.75) is 6.92 Å². The SMILES string of the molecule is CC=C(C#N)C(=O)OC. The van der Waals surface area contributed by atoms with Gasteiger partial charge in [0, 0.05) is 0 Å². The van der Waals surface area contributed by atoms with Crippen LogP contribution in [0.25, 0.3) is 0 Å². The number of nitrogens with zero attached hydrogens (tertiary/aromatic N) is 1. The van der Waals surface area contributed by atoms with E-state index in [0.717, 1.165) is 0 Å². The molecular weight excluding hydrogens is 118 g/mol. The summed E-state index contributed by atoms with van der Waals surface area (Å²) in [6.07, 6.45) is 1.41. The van der Waals surface area contributed by atoms with Gasteiger partial charge in [0.15, 0.2) is 0 Å². The summed E-state index contributed by atoms with van der Waals surface area (Å²) in [5, 5.41) is 8.21. The minimum absolute atomic E-state index is 0.0394. The van der Waals surface area contributed by atoms with Crippen molar-refractivity contribution in [3.63, 3.8) is 0 Å². The van der Waals surface area contributed by atoms with Gasteiger partial charge in [0.1, 0.15) is 11.6 Å². The van der Waals surface area contributed by atoms with Crippen LogP contribution in [-0.4, -0.2) is 13.1 Å². The molecule has 0 rings (SSSR count). The number of esters is 1. The van der Waals surface area contributed by atoms with Crippen LogP contribution in [0.5, 0.6) is 0 Å². The van der Waals surface area contributed by atoms with Gasteiger partial charge in [-0.1, -0.05) is 6.08 Å². The molecule has 48 valence electrons. The van der Waals surface area contributed by atoms with Gasteiger partial charge in [0.25, 0.3) is 0 Å². The Morgan fingerprint density at radius 3 is 2.44 bits per heavy atom. The van der Waals surface area contributed by atoms with Gasteiger partial charge in [-0.15, -0.1) is 0 Å². The molecule has 0 saturated carbocycles. The van der Waals surface area contributed by atoms with E-state index in [1.807, 2.05) is 0 Å². The van der Waals surface area contributed by atoms with E-state index < -0.39 is 5.97 Å². The number of carbonyl (C=O) groups excluding carboxylic acids is 1. The standard InChI is InChI=1S/C6H7NO2/c1-3-5(4-7)6(8)9-2/h3H,1-2H3. The maximum Gasteiger partial charge on any atom is 0.348 e. The van der Waals surface area contributed by atoms with E-state index in [2.05, 4.69) is 4.74 Å². The molecule has 0 aliphatic rings. The molecule has 3 heteroatoms. The first-order valence-electron chi connectivity index (χ1n) is 2.41. The minimum atomic E-state index is -0.583. The summed E-state index contributed by atoms with van der Waals surface area (Å²) in [4.78, 5) is 10.5. The summed E-state index contributed by atoms with van der Waals surface area (Å²) in [5.74, 6) is -0.583. The predicted octanol–water partition coefficient (Wildman–Crippen LogP) is 0.629. The molecular formula is C6H7NO2. The summed E-state index contributed by atoms with van der Waals surface area (Å²) in [5.41, 5.74) is 0.0394. The highest BCUT2D eigenvalue weighted by Gasteiger charge is 2.04. The fraction of sp³-hybridized carbons (Fsp3) is 0.333. The highest BCUT2D eigenvalue weighted by Crippen LogP contribution is 1.92. The Balaban J connectivity index is 4.19. The molecule has 0 radical (unpaired) electrons. The number of allylic oxidation sites excluding steroid dienone is 1. The van der Waals surface area contributed by atoms with Crippen LogP contribution in [0, 0.1) is 11.3 Å². The largest absolute Gasteiger partial charge is 0.465 e. The van der Waals surface area contributed by atoms with Crippen LogP contribution >= 0.6 is 0 Å². The van der Waals surface area contributed by atoms with Crippen molar-refractivity contribution in [3.05, 3.63) is 11.6 Å². The number of methoxy groups -OCH3 is 1. The smallest absolute Gasteiger partial charge is 0.348 e. The Hall–Kier alpha value is -1.30. The monoisotopic (exact) mass is 125 g/mol. The van der Waals surface area contributed by atoms with Crippen LogP contribution in [0.3, 0.4) is 0 Å². The van der Waals surface area contributed by atoms with Crippen LogP contribution in [0.2, 0.25) is 0 Å². The molecule has 0 fully saturated rings.